The molecule has 1 amide bonds. The Hall–Kier alpha value is -2.91. The zero-order chi connectivity index (χ0) is 24.6. The molecule has 34 heavy (non-hydrogen) atoms. The molecule has 0 radical (unpaired) electrons. The number of alkyl halides is 3. The van der Waals surface area contributed by atoms with Crippen molar-refractivity contribution in [1.82, 2.24) is 9.88 Å². The van der Waals surface area contributed by atoms with Crippen molar-refractivity contribution < 1.29 is 31.5 Å². The lowest BCUT2D eigenvalue weighted by atomic mass is 9.93. The quantitative estimate of drug-likeness (QED) is 0.380. The minimum atomic E-state index is -4.54. The van der Waals surface area contributed by atoms with E-state index in [1.165, 1.54) is 23.1 Å². The monoisotopic (exact) mass is 516 g/mol. The first-order valence-electron chi connectivity index (χ1n) is 9.92. The van der Waals surface area contributed by atoms with Gasteiger partial charge in [0.05, 0.1) is 21.7 Å². The van der Waals surface area contributed by atoms with Gasteiger partial charge in [-0.25, -0.2) is 13.8 Å². The van der Waals surface area contributed by atoms with Gasteiger partial charge in [-0.05, 0) is 53.9 Å². The summed E-state index contributed by atoms with van der Waals surface area (Å²) >= 11 is 12.0. The minimum absolute atomic E-state index is 0.0416. The SMILES string of the molecule is O=C(c1ccc(Cl)c(Cl)c1)N1Cc2cc(F)c(F)cc2C[C@H]1COc1ccc(C(F)(F)F)cn1. The Morgan fingerprint density at radius 1 is 1.03 bits per heavy atom. The van der Waals surface area contributed by atoms with Gasteiger partial charge in [0.2, 0.25) is 5.88 Å². The van der Waals surface area contributed by atoms with Crippen LogP contribution in [-0.2, 0) is 19.1 Å². The summed E-state index contributed by atoms with van der Waals surface area (Å²) in [5, 5.41) is 0.424. The maximum Gasteiger partial charge on any atom is 0.417 e. The molecule has 1 aliphatic heterocycles. The van der Waals surface area contributed by atoms with Gasteiger partial charge in [-0.2, -0.15) is 13.2 Å². The van der Waals surface area contributed by atoms with Crippen LogP contribution in [0.25, 0.3) is 0 Å². The molecule has 1 atom stereocenters. The molecule has 178 valence electrons. The molecule has 1 aromatic heterocycles. The van der Waals surface area contributed by atoms with E-state index in [-0.39, 0.29) is 41.1 Å². The summed E-state index contributed by atoms with van der Waals surface area (Å²) in [6.45, 7) is -0.191. The van der Waals surface area contributed by atoms with Crippen LogP contribution in [-0.4, -0.2) is 28.4 Å². The van der Waals surface area contributed by atoms with Crippen molar-refractivity contribution in [3.8, 4) is 5.88 Å². The Morgan fingerprint density at radius 3 is 2.35 bits per heavy atom. The van der Waals surface area contributed by atoms with Gasteiger partial charge in [-0.3, -0.25) is 4.79 Å². The minimum Gasteiger partial charge on any atom is -0.475 e. The molecule has 2 heterocycles. The summed E-state index contributed by atoms with van der Waals surface area (Å²) < 4.78 is 71.4. The van der Waals surface area contributed by atoms with E-state index >= 15 is 0 Å². The number of halogens is 7. The average Bonchev–Trinajstić information content (AvgIpc) is 2.79. The number of aromatic nitrogens is 1. The maximum atomic E-state index is 13.8. The van der Waals surface area contributed by atoms with E-state index in [2.05, 4.69) is 4.98 Å². The molecule has 0 fully saturated rings. The third kappa shape index (κ3) is 5.10. The van der Waals surface area contributed by atoms with Crippen LogP contribution in [0.3, 0.4) is 0 Å². The number of rotatable bonds is 4. The fraction of sp³-hybridized carbons (Fsp3) is 0.217. The van der Waals surface area contributed by atoms with Crippen LogP contribution in [0.2, 0.25) is 10.0 Å². The van der Waals surface area contributed by atoms with Gasteiger partial charge >= 0.3 is 6.18 Å². The molecule has 0 bridgehead atoms. The highest BCUT2D eigenvalue weighted by atomic mass is 35.5. The normalized spacial score (nSPS) is 15.7. The Labute approximate surface area is 200 Å². The molecular formula is C23H15Cl2F5N2O2. The lowest BCUT2D eigenvalue weighted by Crippen LogP contribution is -2.47. The molecule has 2 aromatic carbocycles. The number of carbonyl (C=O) groups excluding carboxylic acids is 1. The first-order chi connectivity index (χ1) is 16.0. The predicted molar refractivity (Wildman–Crippen MR) is 115 cm³/mol. The second-order valence-corrected chi connectivity index (χ2v) is 8.46. The zero-order valence-corrected chi connectivity index (χ0v) is 18.7. The Kier molecular flexibility index (Phi) is 6.69. The van der Waals surface area contributed by atoms with Gasteiger partial charge in [0.1, 0.15) is 6.61 Å². The van der Waals surface area contributed by atoms with Crippen molar-refractivity contribution in [3.63, 3.8) is 0 Å². The molecule has 11 heteroatoms. The highest BCUT2D eigenvalue weighted by molar-refractivity contribution is 6.42. The molecule has 0 N–H and O–H groups in total. The summed E-state index contributed by atoms with van der Waals surface area (Å²) in [6, 6.07) is 7.68. The highest BCUT2D eigenvalue weighted by Crippen LogP contribution is 2.31. The molecule has 4 rings (SSSR count). The third-order valence-electron chi connectivity index (χ3n) is 5.39. The number of fused-ring (bicyclic) bond motifs is 1. The number of hydrogen-bond acceptors (Lipinski definition) is 3. The third-order valence-corrected chi connectivity index (χ3v) is 6.13. The van der Waals surface area contributed by atoms with E-state index in [9.17, 15) is 26.7 Å². The number of nitrogens with zero attached hydrogens (tertiary/aromatic N) is 2. The summed E-state index contributed by atoms with van der Waals surface area (Å²) in [4.78, 5) is 18.3. The molecule has 3 aromatic rings. The second kappa shape index (κ2) is 9.38. The van der Waals surface area contributed by atoms with Crippen molar-refractivity contribution in [3.05, 3.63) is 92.6 Å². The van der Waals surface area contributed by atoms with Gasteiger partial charge in [-0.1, -0.05) is 23.2 Å². The van der Waals surface area contributed by atoms with E-state index in [1.807, 2.05) is 0 Å². The molecule has 1 aliphatic rings. The number of pyridine rings is 1. The number of hydrogen-bond donors (Lipinski definition) is 0. The van der Waals surface area contributed by atoms with Crippen molar-refractivity contribution in [2.75, 3.05) is 6.61 Å². The van der Waals surface area contributed by atoms with Crippen molar-refractivity contribution in [2.24, 2.45) is 0 Å². The van der Waals surface area contributed by atoms with E-state index < -0.39 is 35.3 Å². The van der Waals surface area contributed by atoms with Gasteiger partial charge in [0, 0.05) is 24.4 Å². The number of ether oxygens (including phenoxy) is 1. The van der Waals surface area contributed by atoms with E-state index in [4.69, 9.17) is 27.9 Å². The first-order valence-corrected chi connectivity index (χ1v) is 10.7. The van der Waals surface area contributed by atoms with Gasteiger partial charge in [-0.15, -0.1) is 0 Å². The summed E-state index contributed by atoms with van der Waals surface area (Å²) in [6.07, 6.45) is -3.77. The molecule has 0 saturated heterocycles. The van der Waals surface area contributed by atoms with Crippen LogP contribution < -0.4 is 4.74 Å². The van der Waals surface area contributed by atoms with Gasteiger partial charge in [0.25, 0.3) is 5.91 Å². The first kappa shape index (κ1) is 24.2. The predicted octanol–water partition coefficient (Wildman–Crippen LogP) is 6.33. The lowest BCUT2D eigenvalue weighted by Gasteiger charge is -2.37. The van der Waals surface area contributed by atoms with Crippen molar-refractivity contribution in [1.29, 1.82) is 0 Å². The molecule has 0 unspecified atom stereocenters. The van der Waals surface area contributed by atoms with Crippen LogP contribution in [0.1, 0.15) is 27.0 Å². The van der Waals surface area contributed by atoms with Crippen molar-refractivity contribution in [2.45, 2.75) is 25.2 Å². The molecule has 0 aliphatic carbocycles. The highest BCUT2D eigenvalue weighted by Gasteiger charge is 2.33. The van der Waals surface area contributed by atoms with E-state index in [0.29, 0.717) is 17.3 Å². The Bertz CT molecular complexity index is 1240. The van der Waals surface area contributed by atoms with Gasteiger partial charge < -0.3 is 9.64 Å². The largest absolute Gasteiger partial charge is 0.475 e. The molecular weight excluding hydrogens is 502 g/mol. The fourth-order valence-corrected chi connectivity index (χ4v) is 3.94. The van der Waals surface area contributed by atoms with Crippen LogP contribution in [0.4, 0.5) is 22.0 Å². The summed E-state index contributed by atoms with van der Waals surface area (Å²) in [5.74, 6) is -2.59. The Balaban J connectivity index is 1.60. The van der Waals surface area contributed by atoms with Crippen molar-refractivity contribution >= 4 is 29.1 Å². The topological polar surface area (TPSA) is 42.4 Å². The second-order valence-electron chi connectivity index (χ2n) is 7.65. The fourth-order valence-electron chi connectivity index (χ4n) is 3.64. The van der Waals surface area contributed by atoms with Crippen LogP contribution in [0.15, 0.2) is 48.7 Å². The van der Waals surface area contributed by atoms with E-state index in [1.54, 1.807) is 0 Å². The summed E-state index contributed by atoms with van der Waals surface area (Å²) in [7, 11) is 0. The van der Waals surface area contributed by atoms with E-state index in [0.717, 1.165) is 24.3 Å². The number of benzene rings is 2. The average molecular weight is 517 g/mol. The van der Waals surface area contributed by atoms with Crippen LogP contribution in [0.5, 0.6) is 5.88 Å². The number of carbonyl (C=O) groups is 1. The smallest absolute Gasteiger partial charge is 0.417 e. The Morgan fingerprint density at radius 2 is 1.74 bits per heavy atom. The standard InChI is InChI=1S/C23H15Cl2F5N2O2/c24-17-3-1-12(6-18(17)25)22(33)32-10-14-8-20(27)19(26)7-13(14)5-16(32)11-34-21-4-2-15(9-31-21)23(28,29)30/h1-4,6-9,16H,5,10-11H2/t16-/m0/s1. The molecule has 4 nitrogen and oxygen atoms in total. The van der Waals surface area contributed by atoms with Crippen LogP contribution in [0, 0.1) is 11.6 Å². The lowest BCUT2D eigenvalue weighted by molar-refractivity contribution is -0.137. The molecule has 0 saturated carbocycles. The number of amides is 1. The van der Waals surface area contributed by atoms with Gasteiger partial charge in [0.15, 0.2) is 11.6 Å². The maximum absolute atomic E-state index is 13.8. The zero-order valence-electron chi connectivity index (χ0n) is 17.2. The summed E-state index contributed by atoms with van der Waals surface area (Å²) in [5.41, 5.74) is 0.209. The molecule has 0 spiro atoms. The van der Waals surface area contributed by atoms with Crippen LogP contribution >= 0.6 is 23.2 Å².